The van der Waals surface area contributed by atoms with E-state index in [-0.39, 0.29) is 11.6 Å². The van der Waals surface area contributed by atoms with E-state index in [9.17, 15) is 0 Å². The fraction of sp³-hybridized carbons (Fsp3) is 0.857. The van der Waals surface area contributed by atoms with Crippen LogP contribution >= 0.6 is 15.9 Å². The smallest absolute Gasteiger partial charge is 0.153 e. The summed E-state index contributed by atoms with van der Waals surface area (Å²) in [6.07, 6.45) is 7.22. The van der Waals surface area contributed by atoms with Gasteiger partial charge in [0.15, 0.2) is 4.60 Å². The van der Waals surface area contributed by atoms with Crippen LogP contribution in [0.2, 0.25) is 0 Å². The third kappa shape index (κ3) is 3.07. The van der Waals surface area contributed by atoms with Crippen LogP contribution in [0.3, 0.4) is 0 Å². The van der Waals surface area contributed by atoms with Gasteiger partial charge in [0.25, 0.3) is 0 Å². The Bertz CT molecular complexity index is 407. The van der Waals surface area contributed by atoms with Gasteiger partial charge in [0, 0.05) is 13.7 Å². The molecule has 1 aliphatic carbocycles. The number of ether oxygens (including phenoxy) is 1. The summed E-state index contributed by atoms with van der Waals surface area (Å²) in [7, 11) is 3.93. The number of nitrogens with zero attached hydrogens (tertiary/aromatic N) is 3. The van der Waals surface area contributed by atoms with Crippen molar-refractivity contribution >= 4 is 15.9 Å². The largest absolute Gasteiger partial charge is 0.373 e. The van der Waals surface area contributed by atoms with Gasteiger partial charge in [-0.15, -0.1) is 5.10 Å². The summed E-state index contributed by atoms with van der Waals surface area (Å²) in [6.45, 7) is 2.82. The number of aryl methyl sites for hydroxylation is 1. The number of nitrogens with one attached hydrogen (secondary N) is 1. The predicted octanol–water partition coefficient (Wildman–Crippen LogP) is 2.97. The molecule has 5 nitrogen and oxygen atoms in total. The molecule has 114 valence electrons. The number of hydrogen-bond donors (Lipinski definition) is 1. The molecule has 0 radical (unpaired) electrons. The SMILES string of the molecule is CCOC1(C(NC)c2c(Br)nnn2C)CCCCCC1. The molecule has 0 spiro atoms. The Balaban J connectivity index is 2.38. The van der Waals surface area contributed by atoms with Gasteiger partial charge in [-0.2, -0.15) is 0 Å². The highest BCUT2D eigenvalue weighted by Crippen LogP contribution is 2.41. The van der Waals surface area contributed by atoms with Crippen molar-refractivity contribution in [2.24, 2.45) is 7.05 Å². The van der Waals surface area contributed by atoms with Crippen molar-refractivity contribution in [3.8, 4) is 0 Å². The summed E-state index contributed by atoms with van der Waals surface area (Å²) in [5.41, 5.74) is 0.917. The zero-order chi connectivity index (χ0) is 14.6. The lowest BCUT2D eigenvalue weighted by molar-refractivity contribution is -0.0784. The topological polar surface area (TPSA) is 52.0 Å². The summed E-state index contributed by atoms with van der Waals surface area (Å²) in [5, 5.41) is 11.7. The highest BCUT2D eigenvalue weighted by Gasteiger charge is 2.42. The number of likely N-dealkylation sites (N-methyl/N-ethyl adjacent to an activating group) is 1. The van der Waals surface area contributed by atoms with Crippen LogP contribution in [-0.4, -0.2) is 34.2 Å². The van der Waals surface area contributed by atoms with Crippen LogP contribution in [0.1, 0.15) is 57.2 Å². The lowest BCUT2D eigenvalue weighted by Crippen LogP contribution is -2.46. The number of halogens is 1. The Hall–Kier alpha value is -0.460. The standard InChI is InChI=1S/C14H25BrN4O/c1-4-20-14(9-7-5-6-8-10-14)12(16-2)11-13(15)17-18-19(11)3/h12,16H,4-10H2,1-3H3. The van der Waals surface area contributed by atoms with Crippen molar-refractivity contribution in [1.29, 1.82) is 0 Å². The van der Waals surface area contributed by atoms with Gasteiger partial charge in [-0.05, 0) is 42.7 Å². The van der Waals surface area contributed by atoms with Crippen molar-refractivity contribution in [1.82, 2.24) is 20.3 Å². The second-order valence-corrected chi connectivity index (χ2v) is 6.27. The first kappa shape index (κ1) is 15.9. The fourth-order valence-electron chi connectivity index (χ4n) is 3.42. The van der Waals surface area contributed by atoms with Crippen LogP contribution in [0.5, 0.6) is 0 Å². The van der Waals surface area contributed by atoms with E-state index >= 15 is 0 Å². The molecule has 1 atom stereocenters. The van der Waals surface area contributed by atoms with Gasteiger partial charge >= 0.3 is 0 Å². The Morgan fingerprint density at radius 3 is 2.45 bits per heavy atom. The van der Waals surface area contributed by atoms with Crippen molar-refractivity contribution in [3.63, 3.8) is 0 Å². The minimum atomic E-state index is -0.155. The van der Waals surface area contributed by atoms with Crippen molar-refractivity contribution in [2.75, 3.05) is 13.7 Å². The van der Waals surface area contributed by atoms with Crippen molar-refractivity contribution in [2.45, 2.75) is 57.1 Å². The van der Waals surface area contributed by atoms with Crippen molar-refractivity contribution in [3.05, 3.63) is 10.3 Å². The highest BCUT2D eigenvalue weighted by molar-refractivity contribution is 9.10. The van der Waals surface area contributed by atoms with Crippen LogP contribution in [-0.2, 0) is 11.8 Å². The molecule has 6 heteroatoms. The molecule has 1 heterocycles. The molecule has 0 saturated heterocycles. The van der Waals surface area contributed by atoms with E-state index < -0.39 is 0 Å². The minimum absolute atomic E-state index is 0.106. The highest BCUT2D eigenvalue weighted by atomic mass is 79.9. The van der Waals surface area contributed by atoms with E-state index in [1.165, 1.54) is 25.7 Å². The first-order valence-electron chi connectivity index (χ1n) is 7.51. The molecule has 1 aliphatic rings. The van der Waals surface area contributed by atoms with Gasteiger partial charge in [0.2, 0.25) is 0 Å². The Kier molecular flexibility index (Phi) is 5.57. The maximum absolute atomic E-state index is 6.29. The Labute approximate surface area is 129 Å². The monoisotopic (exact) mass is 344 g/mol. The molecule has 0 aromatic carbocycles. The molecule has 1 saturated carbocycles. The van der Waals surface area contributed by atoms with Crippen LogP contribution in [0.4, 0.5) is 0 Å². The average Bonchev–Trinajstić information content (AvgIpc) is 2.66. The molecule has 0 bridgehead atoms. The third-order valence-electron chi connectivity index (χ3n) is 4.30. The maximum Gasteiger partial charge on any atom is 0.153 e. The third-order valence-corrected chi connectivity index (χ3v) is 4.86. The van der Waals surface area contributed by atoms with Gasteiger partial charge in [0.1, 0.15) is 0 Å². The maximum atomic E-state index is 6.29. The average molecular weight is 345 g/mol. The summed E-state index contributed by atoms with van der Waals surface area (Å²) in [4.78, 5) is 0. The number of rotatable bonds is 5. The molecule has 1 fully saturated rings. The molecule has 1 aromatic heterocycles. The van der Waals surface area contributed by atoms with Crippen LogP contribution in [0.15, 0.2) is 4.60 Å². The van der Waals surface area contributed by atoms with Gasteiger partial charge in [-0.1, -0.05) is 30.9 Å². The van der Waals surface area contributed by atoms with E-state index in [4.69, 9.17) is 4.74 Å². The molecule has 1 N–H and O–H groups in total. The summed E-state index contributed by atoms with van der Waals surface area (Å²) >= 11 is 3.53. The summed E-state index contributed by atoms with van der Waals surface area (Å²) in [5.74, 6) is 0. The Morgan fingerprint density at radius 1 is 1.35 bits per heavy atom. The first-order valence-corrected chi connectivity index (χ1v) is 8.30. The molecule has 0 aliphatic heterocycles. The molecular formula is C14H25BrN4O. The molecule has 20 heavy (non-hydrogen) atoms. The Morgan fingerprint density at radius 2 is 2.00 bits per heavy atom. The van der Waals surface area contributed by atoms with E-state index in [2.05, 4.69) is 38.5 Å². The second-order valence-electron chi connectivity index (χ2n) is 5.52. The van der Waals surface area contributed by atoms with Crippen LogP contribution < -0.4 is 5.32 Å². The second kappa shape index (κ2) is 7.00. The lowest BCUT2D eigenvalue weighted by Gasteiger charge is -2.40. The molecule has 1 aromatic rings. The molecule has 2 rings (SSSR count). The van der Waals surface area contributed by atoms with Gasteiger partial charge in [-0.25, -0.2) is 4.68 Å². The van der Waals surface area contributed by atoms with Gasteiger partial charge in [0.05, 0.1) is 17.3 Å². The fourth-order valence-corrected chi connectivity index (χ4v) is 3.98. The minimum Gasteiger partial charge on any atom is -0.373 e. The molecule has 0 amide bonds. The van der Waals surface area contributed by atoms with Crippen LogP contribution in [0.25, 0.3) is 0 Å². The summed E-state index contributed by atoms with van der Waals surface area (Å²) in [6, 6.07) is 0.106. The van der Waals surface area contributed by atoms with E-state index in [0.29, 0.717) is 0 Å². The number of hydrogen-bond acceptors (Lipinski definition) is 4. The zero-order valence-corrected chi connectivity index (χ0v) is 14.2. The van der Waals surface area contributed by atoms with E-state index in [1.54, 1.807) is 0 Å². The molecule has 1 unspecified atom stereocenters. The molecular weight excluding hydrogens is 320 g/mol. The van der Waals surface area contributed by atoms with Crippen LogP contribution in [0, 0.1) is 0 Å². The first-order chi connectivity index (χ1) is 9.64. The predicted molar refractivity (Wildman–Crippen MR) is 82.6 cm³/mol. The quantitative estimate of drug-likeness (QED) is 0.834. The van der Waals surface area contributed by atoms with Crippen molar-refractivity contribution < 1.29 is 4.74 Å². The van der Waals surface area contributed by atoms with Gasteiger partial charge in [-0.3, -0.25) is 0 Å². The van der Waals surface area contributed by atoms with E-state index in [0.717, 1.165) is 29.7 Å². The normalized spacial score (nSPS) is 20.6. The van der Waals surface area contributed by atoms with E-state index in [1.807, 2.05) is 18.8 Å². The lowest BCUT2D eigenvalue weighted by atomic mass is 9.84. The summed E-state index contributed by atoms with van der Waals surface area (Å²) < 4.78 is 8.94. The number of aromatic nitrogens is 3. The zero-order valence-electron chi connectivity index (χ0n) is 12.7. The van der Waals surface area contributed by atoms with Gasteiger partial charge < -0.3 is 10.1 Å².